The Morgan fingerprint density at radius 1 is 1.31 bits per heavy atom. The van der Waals surface area contributed by atoms with Crippen molar-refractivity contribution in [3.05, 3.63) is 0 Å². The lowest BCUT2D eigenvalue weighted by Crippen LogP contribution is -2.44. The first-order valence-electron chi connectivity index (χ1n) is 6.77. The van der Waals surface area contributed by atoms with Crippen LogP contribution in [0.5, 0.6) is 0 Å². The normalized spacial score (nSPS) is 34.9. The van der Waals surface area contributed by atoms with E-state index in [1.54, 1.807) is 0 Å². The second-order valence-electron chi connectivity index (χ2n) is 5.52. The molecule has 0 heterocycles. The number of hydrogen-bond acceptors (Lipinski definition) is 3. The highest BCUT2D eigenvalue weighted by Gasteiger charge is 2.42. The van der Waals surface area contributed by atoms with Crippen LogP contribution < -0.4 is 0 Å². The van der Waals surface area contributed by atoms with Crippen LogP contribution in [0, 0.1) is 11.8 Å². The van der Waals surface area contributed by atoms with Crippen LogP contribution in [0.3, 0.4) is 0 Å². The molecule has 0 aromatic carbocycles. The van der Waals surface area contributed by atoms with Crippen LogP contribution in [0.2, 0.25) is 0 Å². The number of nitrogens with zero attached hydrogens (tertiary/aromatic N) is 1. The minimum Gasteiger partial charge on any atom is -0.395 e. The Morgan fingerprint density at radius 2 is 2.12 bits per heavy atom. The Balaban J connectivity index is 1.91. The summed E-state index contributed by atoms with van der Waals surface area (Å²) in [6.45, 7) is 3.70. The van der Waals surface area contributed by atoms with Gasteiger partial charge in [0, 0.05) is 19.1 Å². The molecule has 3 nitrogen and oxygen atoms in total. The number of fused-ring (bicyclic) bond motifs is 2. The first kappa shape index (κ1) is 12.3. The Morgan fingerprint density at radius 3 is 2.62 bits per heavy atom. The molecule has 2 fully saturated rings. The molecule has 3 unspecified atom stereocenters. The first-order chi connectivity index (χ1) is 7.74. The minimum atomic E-state index is -0.231. The predicted molar refractivity (Wildman–Crippen MR) is 64.2 cm³/mol. The zero-order valence-electron chi connectivity index (χ0n) is 10.3. The molecule has 16 heavy (non-hydrogen) atoms. The van der Waals surface area contributed by atoms with E-state index in [2.05, 4.69) is 4.90 Å². The monoisotopic (exact) mass is 227 g/mol. The quantitative estimate of drug-likeness (QED) is 0.717. The molecule has 2 rings (SSSR count). The van der Waals surface area contributed by atoms with Gasteiger partial charge in [0.2, 0.25) is 0 Å². The lowest BCUT2D eigenvalue weighted by atomic mass is 9.93. The van der Waals surface area contributed by atoms with Crippen LogP contribution in [-0.2, 0) is 0 Å². The summed E-state index contributed by atoms with van der Waals surface area (Å²) in [5, 5.41) is 18.9. The molecule has 4 atom stereocenters. The van der Waals surface area contributed by atoms with Crippen molar-refractivity contribution in [3.8, 4) is 0 Å². The summed E-state index contributed by atoms with van der Waals surface area (Å²) in [5.41, 5.74) is 0. The molecule has 2 bridgehead atoms. The molecule has 3 heteroatoms. The second kappa shape index (κ2) is 5.48. The van der Waals surface area contributed by atoms with E-state index in [-0.39, 0.29) is 12.7 Å². The average Bonchev–Trinajstić information content (AvgIpc) is 2.90. The number of rotatable bonds is 6. The molecule has 0 aliphatic heterocycles. The van der Waals surface area contributed by atoms with E-state index in [0.29, 0.717) is 6.04 Å². The van der Waals surface area contributed by atoms with Gasteiger partial charge < -0.3 is 10.2 Å². The Kier molecular flexibility index (Phi) is 4.22. The van der Waals surface area contributed by atoms with Crippen molar-refractivity contribution in [2.75, 3.05) is 19.7 Å². The summed E-state index contributed by atoms with van der Waals surface area (Å²) in [5.74, 6) is 1.76. The zero-order valence-corrected chi connectivity index (χ0v) is 10.3. The fourth-order valence-electron chi connectivity index (χ4n) is 3.58. The Bertz CT molecular complexity index is 222. The highest BCUT2D eigenvalue weighted by Crippen LogP contribution is 2.46. The van der Waals surface area contributed by atoms with Crippen molar-refractivity contribution >= 4 is 0 Å². The summed E-state index contributed by atoms with van der Waals surface area (Å²) >= 11 is 0. The van der Waals surface area contributed by atoms with Crippen LogP contribution in [-0.4, -0.2) is 47.0 Å². The fourth-order valence-corrected chi connectivity index (χ4v) is 3.58. The molecule has 0 amide bonds. The summed E-state index contributed by atoms with van der Waals surface area (Å²) in [4.78, 5) is 2.33. The van der Waals surface area contributed by atoms with E-state index in [1.165, 1.54) is 25.7 Å². The maximum atomic E-state index is 9.76. The van der Waals surface area contributed by atoms with Crippen LogP contribution in [0.4, 0.5) is 0 Å². The number of hydrogen-bond donors (Lipinski definition) is 2. The van der Waals surface area contributed by atoms with Crippen LogP contribution in [0.25, 0.3) is 0 Å². The van der Waals surface area contributed by atoms with E-state index in [4.69, 9.17) is 5.11 Å². The van der Waals surface area contributed by atoms with Gasteiger partial charge in [-0.2, -0.15) is 0 Å². The molecule has 0 radical (unpaired) electrons. The van der Waals surface area contributed by atoms with Gasteiger partial charge in [0.1, 0.15) is 0 Å². The fraction of sp³-hybridized carbons (Fsp3) is 1.00. The van der Waals surface area contributed by atoms with Crippen molar-refractivity contribution in [2.45, 2.75) is 51.2 Å². The zero-order chi connectivity index (χ0) is 11.5. The van der Waals surface area contributed by atoms with E-state index < -0.39 is 0 Å². The highest BCUT2D eigenvalue weighted by atomic mass is 16.3. The van der Waals surface area contributed by atoms with Gasteiger partial charge in [-0.25, -0.2) is 0 Å². The smallest absolute Gasteiger partial charge is 0.0664 e. The molecule has 0 aromatic rings. The van der Waals surface area contributed by atoms with Gasteiger partial charge in [-0.15, -0.1) is 0 Å². The van der Waals surface area contributed by atoms with Gasteiger partial charge in [-0.1, -0.05) is 13.3 Å². The van der Waals surface area contributed by atoms with Gasteiger partial charge in [-0.05, 0) is 37.5 Å². The van der Waals surface area contributed by atoms with Crippen molar-refractivity contribution < 1.29 is 10.2 Å². The molecule has 2 saturated carbocycles. The molecule has 2 N–H and O–H groups in total. The SMILES string of the molecule is CC[C@H](O)CN(CCO)C1CC2CCC1C2. The van der Waals surface area contributed by atoms with Crippen LogP contribution in [0.1, 0.15) is 39.0 Å². The lowest BCUT2D eigenvalue weighted by Gasteiger charge is -2.35. The van der Waals surface area contributed by atoms with E-state index in [0.717, 1.165) is 31.3 Å². The third-order valence-electron chi connectivity index (χ3n) is 4.47. The molecule has 0 aromatic heterocycles. The third-order valence-corrected chi connectivity index (χ3v) is 4.47. The summed E-state index contributed by atoms with van der Waals surface area (Å²) in [6.07, 6.45) is 6.02. The van der Waals surface area contributed by atoms with Crippen molar-refractivity contribution in [2.24, 2.45) is 11.8 Å². The highest BCUT2D eigenvalue weighted by molar-refractivity contribution is 4.95. The number of aliphatic hydroxyl groups excluding tert-OH is 2. The maximum Gasteiger partial charge on any atom is 0.0664 e. The lowest BCUT2D eigenvalue weighted by molar-refractivity contribution is 0.0527. The standard InChI is InChI=1S/C13H25NO2/c1-2-12(16)9-14(5-6-15)13-8-10-3-4-11(13)7-10/h10-13,15-16H,2-9H2,1H3/t10?,11?,12-,13?/m0/s1. The summed E-state index contributed by atoms with van der Waals surface area (Å²) in [7, 11) is 0. The van der Waals surface area contributed by atoms with Crippen molar-refractivity contribution in [1.29, 1.82) is 0 Å². The molecular formula is C13H25NO2. The summed E-state index contributed by atoms with van der Waals surface area (Å²) < 4.78 is 0. The van der Waals surface area contributed by atoms with Crippen LogP contribution in [0.15, 0.2) is 0 Å². The molecular weight excluding hydrogens is 202 g/mol. The Labute approximate surface area is 98.5 Å². The van der Waals surface area contributed by atoms with Gasteiger partial charge in [-0.3, -0.25) is 4.90 Å². The molecule has 2 aliphatic rings. The third kappa shape index (κ3) is 2.58. The Hall–Kier alpha value is -0.120. The summed E-state index contributed by atoms with van der Waals surface area (Å²) in [6, 6.07) is 0.632. The van der Waals surface area contributed by atoms with E-state index in [9.17, 15) is 5.11 Å². The molecule has 0 saturated heterocycles. The average molecular weight is 227 g/mol. The number of aliphatic hydroxyl groups is 2. The van der Waals surface area contributed by atoms with Crippen molar-refractivity contribution in [3.63, 3.8) is 0 Å². The topological polar surface area (TPSA) is 43.7 Å². The second-order valence-corrected chi connectivity index (χ2v) is 5.52. The van der Waals surface area contributed by atoms with Crippen molar-refractivity contribution in [1.82, 2.24) is 4.90 Å². The van der Waals surface area contributed by atoms with Gasteiger partial charge in [0.25, 0.3) is 0 Å². The minimum absolute atomic E-state index is 0.213. The molecule has 94 valence electrons. The largest absolute Gasteiger partial charge is 0.395 e. The molecule has 2 aliphatic carbocycles. The van der Waals surface area contributed by atoms with E-state index in [1.807, 2.05) is 6.92 Å². The molecule has 0 spiro atoms. The van der Waals surface area contributed by atoms with Gasteiger partial charge in [0.15, 0.2) is 0 Å². The predicted octanol–water partition coefficient (Wildman–Crippen LogP) is 1.24. The van der Waals surface area contributed by atoms with Gasteiger partial charge >= 0.3 is 0 Å². The maximum absolute atomic E-state index is 9.76. The van der Waals surface area contributed by atoms with Crippen LogP contribution >= 0.6 is 0 Å². The first-order valence-corrected chi connectivity index (χ1v) is 6.77. The van der Waals surface area contributed by atoms with Gasteiger partial charge in [0.05, 0.1) is 12.7 Å². The van der Waals surface area contributed by atoms with E-state index >= 15 is 0 Å².